The number of carbonyl (C=O) groups excluding carboxylic acids is 1. The standard InChI is InChI=1S/C20H22N2O3/c1-4-24-15-8-6-14(7-9-15)22-19(23)21-17-12-20(22,3)25-18-10-5-13(2)11-16(17)18/h5-11,17H,4,12H2,1-3H3,(H,21,23)/t17-,20+/m0/s1. The molecule has 5 heteroatoms. The number of amides is 2. The van der Waals surface area contributed by atoms with Crippen molar-refractivity contribution in [1.29, 1.82) is 0 Å². The van der Waals surface area contributed by atoms with Crippen LogP contribution >= 0.6 is 0 Å². The number of benzene rings is 2. The maximum absolute atomic E-state index is 12.8. The van der Waals surface area contributed by atoms with Gasteiger partial charge in [0.05, 0.1) is 12.6 Å². The van der Waals surface area contributed by atoms with E-state index in [1.807, 2.05) is 57.2 Å². The van der Waals surface area contributed by atoms with Gasteiger partial charge in [-0.15, -0.1) is 0 Å². The Balaban J connectivity index is 1.71. The van der Waals surface area contributed by atoms with Crippen molar-refractivity contribution in [2.24, 2.45) is 0 Å². The topological polar surface area (TPSA) is 50.8 Å². The summed E-state index contributed by atoms with van der Waals surface area (Å²) >= 11 is 0. The molecule has 2 bridgehead atoms. The summed E-state index contributed by atoms with van der Waals surface area (Å²) in [5, 5.41) is 3.12. The van der Waals surface area contributed by atoms with Gasteiger partial charge in [0.15, 0.2) is 5.72 Å². The Kier molecular flexibility index (Phi) is 3.60. The number of anilines is 1. The average Bonchev–Trinajstić information content (AvgIpc) is 2.57. The minimum Gasteiger partial charge on any atom is -0.494 e. The normalized spacial score (nSPS) is 24.2. The van der Waals surface area contributed by atoms with Gasteiger partial charge in [0.2, 0.25) is 0 Å². The van der Waals surface area contributed by atoms with E-state index in [1.165, 1.54) is 0 Å². The molecule has 2 aliphatic rings. The summed E-state index contributed by atoms with van der Waals surface area (Å²) in [7, 11) is 0. The average molecular weight is 338 g/mol. The second-order valence-corrected chi connectivity index (χ2v) is 6.79. The first-order valence-electron chi connectivity index (χ1n) is 8.63. The van der Waals surface area contributed by atoms with Crippen LogP contribution in [-0.2, 0) is 0 Å². The predicted molar refractivity (Wildman–Crippen MR) is 96.2 cm³/mol. The molecule has 5 nitrogen and oxygen atoms in total. The van der Waals surface area contributed by atoms with Crippen LogP contribution in [0.2, 0.25) is 0 Å². The highest BCUT2D eigenvalue weighted by molar-refractivity contribution is 5.95. The minimum absolute atomic E-state index is 0.0277. The molecule has 1 saturated heterocycles. The number of hydrogen-bond donors (Lipinski definition) is 1. The number of ether oxygens (including phenoxy) is 2. The summed E-state index contributed by atoms with van der Waals surface area (Å²) in [6.45, 7) is 6.58. The van der Waals surface area contributed by atoms with E-state index in [0.717, 1.165) is 28.3 Å². The van der Waals surface area contributed by atoms with Crippen molar-refractivity contribution in [3.63, 3.8) is 0 Å². The molecule has 4 rings (SSSR count). The summed E-state index contributed by atoms with van der Waals surface area (Å²) in [5.41, 5.74) is 2.28. The summed E-state index contributed by atoms with van der Waals surface area (Å²) in [4.78, 5) is 14.5. The molecule has 25 heavy (non-hydrogen) atoms. The lowest BCUT2D eigenvalue weighted by Crippen LogP contribution is -2.65. The van der Waals surface area contributed by atoms with Crippen LogP contribution in [0.15, 0.2) is 42.5 Å². The van der Waals surface area contributed by atoms with E-state index in [9.17, 15) is 4.79 Å². The molecule has 0 saturated carbocycles. The molecule has 1 N–H and O–H groups in total. The van der Waals surface area contributed by atoms with E-state index in [0.29, 0.717) is 13.0 Å². The molecule has 2 aliphatic heterocycles. The van der Waals surface area contributed by atoms with Gasteiger partial charge in [0.25, 0.3) is 0 Å². The number of rotatable bonds is 3. The molecule has 2 aromatic carbocycles. The van der Waals surface area contributed by atoms with E-state index in [2.05, 4.69) is 11.4 Å². The predicted octanol–water partition coefficient (Wildman–Crippen LogP) is 4.16. The lowest BCUT2D eigenvalue weighted by atomic mass is 9.89. The lowest BCUT2D eigenvalue weighted by molar-refractivity contribution is 0.0378. The highest BCUT2D eigenvalue weighted by Crippen LogP contribution is 2.45. The summed E-state index contributed by atoms with van der Waals surface area (Å²) < 4.78 is 11.8. The number of carbonyl (C=O) groups is 1. The molecule has 130 valence electrons. The minimum atomic E-state index is -0.720. The van der Waals surface area contributed by atoms with Crippen molar-refractivity contribution in [2.75, 3.05) is 11.5 Å². The first kappa shape index (κ1) is 15.8. The molecule has 2 heterocycles. The van der Waals surface area contributed by atoms with Gasteiger partial charge in [-0.1, -0.05) is 17.7 Å². The largest absolute Gasteiger partial charge is 0.494 e. The Hall–Kier alpha value is -2.69. The second-order valence-electron chi connectivity index (χ2n) is 6.79. The van der Waals surface area contributed by atoms with Crippen LogP contribution in [0.5, 0.6) is 11.5 Å². The molecule has 2 aromatic rings. The van der Waals surface area contributed by atoms with Crippen LogP contribution in [0.1, 0.15) is 37.4 Å². The van der Waals surface area contributed by atoms with Crippen molar-refractivity contribution in [1.82, 2.24) is 5.32 Å². The summed E-state index contributed by atoms with van der Waals surface area (Å²) in [6, 6.07) is 13.5. The van der Waals surface area contributed by atoms with E-state index in [1.54, 1.807) is 4.90 Å². The molecule has 0 aliphatic carbocycles. The fourth-order valence-corrected chi connectivity index (χ4v) is 3.74. The number of aryl methyl sites for hydroxylation is 1. The Morgan fingerprint density at radius 1 is 1.28 bits per heavy atom. The van der Waals surface area contributed by atoms with Crippen molar-refractivity contribution in [3.8, 4) is 11.5 Å². The monoisotopic (exact) mass is 338 g/mol. The molecule has 0 aromatic heterocycles. The van der Waals surface area contributed by atoms with Crippen LogP contribution in [0, 0.1) is 6.92 Å². The third-order valence-electron chi connectivity index (χ3n) is 4.83. The number of nitrogens with one attached hydrogen (secondary N) is 1. The Morgan fingerprint density at radius 2 is 2.04 bits per heavy atom. The second kappa shape index (κ2) is 5.69. The van der Waals surface area contributed by atoms with Gasteiger partial charge in [0, 0.05) is 17.7 Å². The lowest BCUT2D eigenvalue weighted by Gasteiger charge is -2.50. The molecule has 1 fully saturated rings. The zero-order valence-corrected chi connectivity index (χ0v) is 14.7. The third-order valence-corrected chi connectivity index (χ3v) is 4.83. The third kappa shape index (κ3) is 2.60. The molecule has 0 radical (unpaired) electrons. The summed E-state index contributed by atoms with van der Waals surface area (Å²) in [5.74, 6) is 1.62. The van der Waals surface area contributed by atoms with Gasteiger partial charge in [-0.2, -0.15) is 0 Å². The molecule has 2 amide bonds. The maximum atomic E-state index is 12.8. The maximum Gasteiger partial charge on any atom is 0.325 e. The molecular formula is C20H22N2O3. The quantitative estimate of drug-likeness (QED) is 0.914. The number of nitrogens with zero attached hydrogens (tertiary/aromatic N) is 1. The van der Waals surface area contributed by atoms with Crippen LogP contribution in [-0.4, -0.2) is 18.4 Å². The van der Waals surface area contributed by atoms with Crippen LogP contribution in [0.25, 0.3) is 0 Å². The van der Waals surface area contributed by atoms with Gasteiger partial charge < -0.3 is 14.8 Å². The van der Waals surface area contributed by atoms with E-state index in [-0.39, 0.29) is 12.1 Å². The molecule has 0 unspecified atom stereocenters. The van der Waals surface area contributed by atoms with Crippen molar-refractivity contribution < 1.29 is 14.3 Å². The number of fused-ring (bicyclic) bond motifs is 4. The Labute approximate surface area is 147 Å². The van der Waals surface area contributed by atoms with Gasteiger partial charge in [-0.05, 0) is 51.1 Å². The van der Waals surface area contributed by atoms with Gasteiger partial charge in [-0.25, -0.2) is 4.79 Å². The summed E-state index contributed by atoms with van der Waals surface area (Å²) in [6.07, 6.45) is 0.697. The van der Waals surface area contributed by atoms with Crippen molar-refractivity contribution in [2.45, 2.75) is 39.0 Å². The van der Waals surface area contributed by atoms with Gasteiger partial charge in [0.1, 0.15) is 11.5 Å². The number of urea groups is 1. The fraction of sp³-hybridized carbons (Fsp3) is 0.350. The highest BCUT2D eigenvalue weighted by atomic mass is 16.5. The van der Waals surface area contributed by atoms with Crippen molar-refractivity contribution in [3.05, 3.63) is 53.6 Å². The smallest absolute Gasteiger partial charge is 0.325 e. The van der Waals surface area contributed by atoms with E-state index in [4.69, 9.17) is 9.47 Å². The first-order valence-corrected chi connectivity index (χ1v) is 8.63. The Morgan fingerprint density at radius 3 is 2.76 bits per heavy atom. The molecule has 2 atom stereocenters. The van der Waals surface area contributed by atoms with Crippen LogP contribution in [0.3, 0.4) is 0 Å². The SMILES string of the molecule is CCOc1ccc(N2C(=O)N[C@H]3C[C@@]2(C)Oc2ccc(C)cc23)cc1. The van der Waals surface area contributed by atoms with Crippen LogP contribution in [0.4, 0.5) is 10.5 Å². The molecular weight excluding hydrogens is 316 g/mol. The zero-order valence-electron chi connectivity index (χ0n) is 14.7. The zero-order chi connectivity index (χ0) is 17.6. The van der Waals surface area contributed by atoms with E-state index >= 15 is 0 Å². The van der Waals surface area contributed by atoms with Crippen molar-refractivity contribution >= 4 is 11.7 Å². The first-order chi connectivity index (χ1) is 12.0. The van der Waals surface area contributed by atoms with E-state index < -0.39 is 5.72 Å². The fourth-order valence-electron chi connectivity index (χ4n) is 3.74. The highest BCUT2D eigenvalue weighted by Gasteiger charge is 2.49. The molecule has 0 spiro atoms. The van der Waals surface area contributed by atoms with Gasteiger partial charge >= 0.3 is 6.03 Å². The van der Waals surface area contributed by atoms with Crippen LogP contribution < -0.4 is 19.7 Å². The number of hydrogen-bond acceptors (Lipinski definition) is 3. The van der Waals surface area contributed by atoms with Gasteiger partial charge in [-0.3, -0.25) is 4.90 Å². The Bertz CT molecular complexity index is 818.